The Labute approximate surface area is 114 Å². The highest BCUT2D eigenvalue weighted by atomic mass is 16.5. The van der Waals surface area contributed by atoms with E-state index in [9.17, 15) is 4.79 Å². The van der Waals surface area contributed by atoms with Crippen LogP contribution in [-0.4, -0.2) is 33.2 Å². The van der Waals surface area contributed by atoms with Crippen molar-refractivity contribution in [1.82, 2.24) is 10.6 Å². The van der Waals surface area contributed by atoms with E-state index in [0.717, 1.165) is 23.6 Å². The predicted molar refractivity (Wildman–Crippen MR) is 74.6 cm³/mol. The Morgan fingerprint density at radius 2 is 1.89 bits per heavy atom. The lowest BCUT2D eigenvalue weighted by molar-refractivity contribution is -0.118. The van der Waals surface area contributed by atoms with Crippen LogP contribution in [0.25, 0.3) is 0 Å². The molecule has 0 aliphatic carbocycles. The van der Waals surface area contributed by atoms with Crippen molar-refractivity contribution in [2.45, 2.75) is 19.9 Å². The largest absolute Gasteiger partial charge is 0.493 e. The van der Waals surface area contributed by atoms with Crippen molar-refractivity contribution in [3.63, 3.8) is 0 Å². The van der Waals surface area contributed by atoms with Crippen molar-refractivity contribution in [2.75, 3.05) is 27.3 Å². The highest BCUT2D eigenvalue weighted by molar-refractivity contribution is 5.72. The normalized spacial score (nSPS) is 11.8. The molecule has 19 heavy (non-hydrogen) atoms. The lowest BCUT2D eigenvalue weighted by atomic mass is 10.1. The molecule has 1 rings (SSSR count). The fraction of sp³-hybridized carbons (Fsp3) is 0.500. The smallest absolute Gasteiger partial charge is 0.216 e. The minimum atomic E-state index is -0.0134. The molecule has 106 valence electrons. The molecule has 0 aromatic heterocycles. The van der Waals surface area contributed by atoms with Crippen molar-refractivity contribution in [3.8, 4) is 11.5 Å². The summed E-state index contributed by atoms with van der Waals surface area (Å²) in [5.74, 6) is 1.42. The number of carbonyl (C=O) groups is 1. The van der Waals surface area contributed by atoms with Gasteiger partial charge >= 0.3 is 0 Å². The zero-order valence-corrected chi connectivity index (χ0v) is 11.9. The molecule has 0 saturated carbocycles. The average molecular weight is 266 g/mol. The van der Waals surface area contributed by atoms with Gasteiger partial charge in [0.2, 0.25) is 5.91 Å². The van der Waals surface area contributed by atoms with E-state index < -0.39 is 0 Å². The van der Waals surface area contributed by atoms with Gasteiger partial charge in [0.05, 0.1) is 14.2 Å². The Balaban J connectivity index is 2.56. The Hall–Kier alpha value is -1.75. The van der Waals surface area contributed by atoms with Crippen LogP contribution in [0.15, 0.2) is 18.2 Å². The number of ether oxygens (including phenoxy) is 2. The molecule has 1 aromatic carbocycles. The molecule has 0 fully saturated rings. The lowest BCUT2D eigenvalue weighted by Gasteiger charge is -2.16. The van der Waals surface area contributed by atoms with Crippen LogP contribution in [0.4, 0.5) is 0 Å². The third kappa shape index (κ3) is 4.79. The number of carbonyl (C=O) groups excluding carboxylic acids is 1. The maximum absolute atomic E-state index is 10.7. The van der Waals surface area contributed by atoms with Gasteiger partial charge in [-0.15, -0.1) is 0 Å². The highest BCUT2D eigenvalue weighted by Gasteiger charge is 2.09. The summed E-state index contributed by atoms with van der Waals surface area (Å²) in [6, 6.07) is 6.01. The lowest BCUT2D eigenvalue weighted by Crippen LogP contribution is -2.31. The van der Waals surface area contributed by atoms with Crippen LogP contribution in [0.5, 0.6) is 11.5 Å². The standard InChI is InChI=1S/C14H22N2O3/c1-10(15-7-8-16-11(2)17)12-5-6-13(18-3)14(9-12)19-4/h5-6,9-10,15H,7-8H2,1-4H3,(H,16,17). The first kappa shape index (κ1) is 15.3. The van der Waals surface area contributed by atoms with Gasteiger partial charge in [-0.3, -0.25) is 4.79 Å². The summed E-state index contributed by atoms with van der Waals surface area (Å²) in [4.78, 5) is 10.7. The van der Waals surface area contributed by atoms with E-state index in [1.807, 2.05) is 18.2 Å². The molecular formula is C14H22N2O3. The summed E-state index contributed by atoms with van der Waals surface area (Å²) < 4.78 is 10.5. The van der Waals surface area contributed by atoms with Gasteiger partial charge < -0.3 is 20.1 Å². The SMILES string of the molecule is COc1ccc(C(C)NCCNC(C)=O)cc1OC. The van der Waals surface area contributed by atoms with Gasteiger partial charge in [-0.05, 0) is 24.6 Å². The molecule has 0 aliphatic rings. The van der Waals surface area contributed by atoms with E-state index in [4.69, 9.17) is 9.47 Å². The van der Waals surface area contributed by atoms with Gasteiger partial charge in [0.15, 0.2) is 11.5 Å². The highest BCUT2D eigenvalue weighted by Crippen LogP contribution is 2.29. The molecule has 1 aromatic rings. The van der Waals surface area contributed by atoms with Gasteiger partial charge in [0, 0.05) is 26.1 Å². The zero-order valence-electron chi connectivity index (χ0n) is 11.9. The first-order chi connectivity index (χ1) is 9.08. The van der Waals surface area contributed by atoms with Crippen LogP contribution in [0.1, 0.15) is 25.5 Å². The molecule has 2 N–H and O–H groups in total. The molecule has 0 spiro atoms. The Bertz CT molecular complexity index is 421. The molecule has 1 atom stereocenters. The second-order valence-electron chi connectivity index (χ2n) is 4.27. The molecule has 5 nitrogen and oxygen atoms in total. The number of benzene rings is 1. The molecule has 0 aliphatic heterocycles. The van der Waals surface area contributed by atoms with E-state index in [1.54, 1.807) is 14.2 Å². The van der Waals surface area contributed by atoms with Crippen LogP contribution < -0.4 is 20.1 Å². The molecule has 0 bridgehead atoms. The summed E-state index contributed by atoms with van der Waals surface area (Å²) in [5, 5.41) is 6.08. The Morgan fingerprint density at radius 1 is 1.21 bits per heavy atom. The minimum absolute atomic E-state index is 0.0134. The quantitative estimate of drug-likeness (QED) is 0.734. The van der Waals surface area contributed by atoms with Crippen LogP contribution in [-0.2, 0) is 4.79 Å². The van der Waals surface area contributed by atoms with E-state index in [2.05, 4.69) is 17.6 Å². The Morgan fingerprint density at radius 3 is 2.47 bits per heavy atom. The van der Waals surface area contributed by atoms with E-state index in [0.29, 0.717) is 6.54 Å². The zero-order chi connectivity index (χ0) is 14.3. The summed E-state index contributed by atoms with van der Waals surface area (Å²) in [5.41, 5.74) is 1.11. The van der Waals surface area contributed by atoms with Gasteiger partial charge in [-0.25, -0.2) is 0 Å². The van der Waals surface area contributed by atoms with Crippen molar-refractivity contribution in [2.24, 2.45) is 0 Å². The topological polar surface area (TPSA) is 59.6 Å². The summed E-state index contributed by atoms with van der Waals surface area (Å²) in [6.07, 6.45) is 0. The van der Waals surface area contributed by atoms with Gasteiger partial charge in [0.25, 0.3) is 0 Å². The van der Waals surface area contributed by atoms with E-state index >= 15 is 0 Å². The number of methoxy groups -OCH3 is 2. The fourth-order valence-corrected chi connectivity index (χ4v) is 1.77. The van der Waals surface area contributed by atoms with Crippen LogP contribution >= 0.6 is 0 Å². The molecule has 0 heterocycles. The van der Waals surface area contributed by atoms with Gasteiger partial charge in [-0.2, -0.15) is 0 Å². The monoisotopic (exact) mass is 266 g/mol. The van der Waals surface area contributed by atoms with Gasteiger partial charge in [0.1, 0.15) is 0 Å². The maximum atomic E-state index is 10.7. The van der Waals surface area contributed by atoms with E-state index in [1.165, 1.54) is 6.92 Å². The second-order valence-corrected chi connectivity index (χ2v) is 4.27. The van der Waals surface area contributed by atoms with Crippen molar-refractivity contribution in [1.29, 1.82) is 0 Å². The summed E-state index contributed by atoms with van der Waals surface area (Å²) >= 11 is 0. The van der Waals surface area contributed by atoms with Crippen molar-refractivity contribution in [3.05, 3.63) is 23.8 Å². The predicted octanol–water partition coefficient (Wildman–Crippen LogP) is 1.49. The molecule has 1 unspecified atom stereocenters. The van der Waals surface area contributed by atoms with E-state index in [-0.39, 0.29) is 11.9 Å². The number of hydrogen-bond acceptors (Lipinski definition) is 4. The molecular weight excluding hydrogens is 244 g/mol. The molecule has 0 saturated heterocycles. The van der Waals surface area contributed by atoms with Crippen molar-refractivity contribution < 1.29 is 14.3 Å². The first-order valence-corrected chi connectivity index (χ1v) is 6.28. The third-order valence-corrected chi connectivity index (χ3v) is 2.86. The number of rotatable bonds is 7. The number of hydrogen-bond donors (Lipinski definition) is 2. The maximum Gasteiger partial charge on any atom is 0.216 e. The molecule has 1 amide bonds. The van der Waals surface area contributed by atoms with Gasteiger partial charge in [-0.1, -0.05) is 6.07 Å². The van der Waals surface area contributed by atoms with Crippen molar-refractivity contribution >= 4 is 5.91 Å². The summed E-state index contributed by atoms with van der Waals surface area (Å²) in [6.45, 7) is 4.91. The number of amides is 1. The molecule has 5 heteroatoms. The van der Waals surface area contributed by atoms with Crippen LogP contribution in [0, 0.1) is 0 Å². The third-order valence-electron chi connectivity index (χ3n) is 2.86. The van der Waals surface area contributed by atoms with Crippen LogP contribution in [0.2, 0.25) is 0 Å². The molecule has 0 radical (unpaired) electrons. The second kappa shape index (κ2) is 7.63. The summed E-state index contributed by atoms with van der Waals surface area (Å²) in [7, 11) is 3.24. The average Bonchev–Trinajstić information content (AvgIpc) is 2.42. The van der Waals surface area contributed by atoms with Crippen LogP contribution in [0.3, 0.4) is 0 Å². The Kier molecular flexibility index (Phi) is 6.15. The first-order valence-electron chi connectivity index (χ1n) is 6.28. The minimum Gasteiger partial charge on any atom is -0.493 e. The number of nitrogens with one attached hydrogen (secondary N) is 2. The fourth-order valence-electron chi connectivity index (χ4n) is 1.77.